The third-order valence-electron chi connectivity index (χ3n) is 4.46. The van der Waals surface area contributed by atoms with Crippen molar-refractivity contribution < 1.29 is 9.22 Å². The third-order valence-corrected chi connectivity index (χ3v) is 9.25. The van der Waals surface area contributed by atoms with E-state index in [-0.39, 0.29) is 11.0 Å². The van der Waals surface area contributed by atoms with Crippen molar-refractivity contribution in [1.29, 1.82) is 0 Å². The summed E-state index contributed by atoms with van der Waals surface area (Å²) < 4.78 is 6.21. The molecule has 0 saturated heterocycles. The standard InChI is InChI=1S/C17H27ClO2Si/c1-17(2,3)21(4,5)20-13-11-15(10-12-19)14-6-8-16(18)9-7-14/h6-9,12,15H,10-11,13H2,1-5H3. The average Bonchev–Trinajstić information content (AvgIpc) is 2.37. The molecule has 0 fully saturated rings. The molecule has 2 nitrogen and oxygen atoms in total. The average molecular weight is 327 g/mol. The predicted molar refractivity (Wildman–Crippen MR) is 92.6 cm³/mol. The number of benzene rings is 1. The minimum atomic E-state index is -1.71. The van der Waals surface area contributed by atoms with E-state index < -0.39 is 8.32 Å². The van der Waals surface area contributed by atoms with E-state index in [9.17, 15) is 4.79 Å². The SMILES string of the molecule is CC(C)(C)[Si](C)(C)OCCC(CC=O)c1ccc(Cl)cc1. The van der Waals surface area contributed by atoms with Crippen LogP contribution in [-0.2, 0) is 9.22 Å². The van der Waals surface area contributed by atoms with E-state index in [4.69, 9.17) is 16.0 Å². The van der Waals surface area contributed by atoms with Gasteiger partial charge in [-0.15, -0.1) is 0 Å². The zero-order valence-corrected chi connectivity index (χ0v) is 15.5. The molecule has 0 aliphatic carbocycles. The van der Waals surface area contributed by atoms with Gasteiger partial charge in [0.1, 0.15) is 6.29 Å². The summed E-state index contributed by atoms with van der Waals surface area (Å²) in [6.07, 6.45) is 2.39. The Morgan fingerprint density at radius 2 is 1.81 bits per heavy atom. The van der Waals surface area contributed by atoms with Crippen LogP contribution in [0.5, 0.6) is 0 Å². The monoisotopic (exact) mass is 326 g/mol. The van der Waals surface area contributed by atoms with Crippen molar-refractivity contribution in [2.75, 3.05) is 6.61 Å². The molecule has 1 rings (SSSR count). The van der Waals surface area contributed by atoms with Gasteiger partial charge >= 0.3 is 0 Å². The lowest BCUT2D eigenvalue weighted by Gasteiger charge is -2.36. The van der Waals surface area contributed by atoms with Crippen LogP contribution in [0.25, 0.3) is 0 Å². The molecule has 4 heteroatoms. The summed E-state index contributed by atoms with van der Waals surface area (Å²) >= 11 is 5.92. The van der Waals surface area contributed by atoms with Gasteiger partial charge in [-0.1, -0.05) is 44.5 Å². The third kappa shape index (κ3) is 5.57. The molecule has 118 valence electrons. The number of rotatable bonds is 7. The van der Waals surface area contributed by atoms with E-state index in [2.05, 4.69) is 33.9 Å². The Balaban J connectivity index is 2.64. The Bertz CT molecular complexity index is 449. The number of hydrogen-bond acceptors (Lipinski definition) is 2. The highest BCUT2D eigenvalue weighted by atomic mass is 35.5. The van der Waals surface area contributed by atoms with Crippen LogP contribution in [0.4, 0.5) is 0 Å². The smallest absolute Gasteiger partial charge is 0.191 e. The second-order valence-electron chi connectivity index (χ2n) is 7.05. The van der Waals surface area contributed by atoms with Crippen LogP contribution in [-0.4, -0.2) is 21.2 Å². The molecule has 0 radical (unpaired) electrons. The van der Waals surface area contributed by atoms with Crippen LogP contribution < -0.4 is 0 Å². The highest BCUT2D eigenvalue weighted by Crippen LogP contribution is 2.37. The molecule has 0 aliphatic heterocycles. The quantitative estimate of drug-likeness (QED) is 0.493. The summed E-state index contributed by atoms with van der Waals surface area (Å²) in [6, 6.07) is 7.76. The summed E-state index contributed by atoms with van der Waals surface area (Å²) in [6.45, 7) is 11.9. The van der Waals surface area contributed by atoms with E-state index in [0.29, 0.717) is 13.0 Å². The highest BCUT2D eigenvalue weighted by Gasteiger charge is 2.37. The van der Waals surface area contributed by atoms with E-state index in [0.717, 1.165) is 23.3 Å². The molecule has 1 unspecified atom stereocenters. The fourth-order valence-electron chi connectivity index (χ4n) is 1.94. The molecule has 0 N–H and O–H groups in total. The maximum Gasteiger partial charge on any atom is 0.191 e. The maximum absolute atomic E-state index is 10.9. The van der Waals surface area contributed by atoms with Gasteiger partial charge < -0.3 is 9.22 Å². The van der Waals surface area contributed by atoms with E-state index in [1.165, 1.54) is 0 Å². The largest absolute Gasteiger partial charge is 0.417 e. The molecule has 1 aromatic carbocycles. The lowest BCUT2D eigenvalue weighted by molar-refractivity contribution is -0.108. The first kappa shape index (κ1) is 18.4. The first-order valence-electron chi connectivity index (χ1n) is 7.50. The lowest BCUT2D eigenvalue weighted by Crippen LogP contribution is -2.41. The van der Waals surface area contributed by atoms with Gasteiger partial charge in [0.25, 0.3) is 0 Å². The summed E-state index contributed by atoms with van der Waals surface area (Å²) in [4.78, 5) is 10.9. The summed E-state index contributed by atoms with van der Waals surface area (Å²) in [5.74, 6) is 0.213. The first-order valence-corrected chi connectivity index (χ1v) is 10.8. The molecule has 0 amide bonds. The summed E-state index contributed by atoms with van der Waals surface area (Å²) in [5, 5.41) is 0.939. The molecule has 0 aliphatic rings. The number of hydrogen-bond donors (Lipinski definition) is 0. The van der Waals surface area contributed by atoms with Crippen LogP contribution in [0.1, 0.15) is 45.1 Å². The molecule has 0 spiro atoms. The topological polar surface area (TPSA) is 26.3 Å². The van der Waals surface area contributed by atoms with Gasteiger partial charge in [0.05, 0.1) is 0 Å². The minimum absolute atomic E-state index is 0.213. The highest BCUT2D eigenvalue weighted by molar-refractivity contribution is 6.74. The van der Waals surface area contributed by atoms with Gasteiger partial charge in [-0.25, -0.2) is 0 Å². The zero-order chi connectivity index (χ0) is 16.1. The fourth-order valence-corrected chi connectivity index (χ4v) is 3.13. The molecule has 1 atom stereocenters. The van der Waals surface area contributed by atoms with Crippen molar-refractivity contribution in [2.24, 2.45) is 0 Å². The molecular formula is C17H27ClO2Si. The molecular weight excluding hydrogens is 300 g/mol. The van der Waals surface area contributed by atoms with Gasteiger partial charge in [0.2, 0.25) is 0 Å². The predicted octanol–water partition coefficient (Wildman–Crippen LogP) is 5.42. The second kappa shape index (κ2) is 7.57. The number of carbonyl (C=O) groups excluding carboxylic acids is 1. The van der Waals surface area contributed by atoms with Crippen molar-refractivity contribution in [1.82, 2.24) is 0 Å². The first-order chi connectivity index (χ1) is 9.67. The Labute approximate surface area is 135 Å². The van der Waals surface area contributed by atoms with Crippen molar-refractivity contribution in [3.8, 4) is 0 Å². The molecule has 0 aromatic heterocycles. The Morgan fingerprint density at radius 1 is 1.24 bits per heavy atom. The van der Waals surface area contributed by atoms with Crippen molar-refractivity contribution in [3.63, 3.8) is 0 Å². The van der Waals surface area contributed by atoms with Crippen LogP contribution >= 0.6 is 11.6 Å². The second-order valence-corrected chi connectivity index (χ2v) is 12.3. The van der Waals surface area contributed by atoms with Crippen LogP contribution in [0, 0.1) is 0 Å². The zero-order valence-electron chi connectivity index (χ0n) is 13.8. The van der Waals surface area contributed by atoms with Gasteiger partial charge in [0, 0.05) is 18.1 Å². The number of halogens is 1. The van der Waals surface area contributed by atoms with Crippen LogP contribution in [0.2, 0.25) is 23.2 Å². The van der Waals surface area contributed by atoms with Gasteiger partial charge in [-0.05, 0) is 48.2 Å². The van der Waals surface area contributed by atoms with E-state index in [1.54, 1.807) is 0 Å². The van der Waals surface area contributed by atoms with Gasteiger partial charge in [-0.2, -0.15) is 0 Å². The maximum atomic E-state index is 10.9. The normalized spacial score (nSPS) is 14.0. The molecule has 0 bridgehead atoms. The number of carbonyl (C=O) groups is 1. The summed E-state index contributed by atoms with van der Waals surface area (Å²) in [5.41, 5.74) is 1.16. The molecule has 1 aromatic rings. The molecule has 0 saturated carbocycles. The van der Waals surface area contributed by atoms with Gasteiger partial charge in [0.15, 0.2) is 8.32 Å². The summed E-state index contributed by atoms with van der Waals surface area (Å²) in [7, 11) is -1.71. The Morgan fingerprint density at radius 3 is 2.29 bits per heavy atom. The van der Waals surface area contributed by atoms with Crippen molar-refractivity contribution in [3.05, 3.63) is 34.9 Å². The molecule has 21 heavy (non-hydrogen) atoms. The van der Waals surface area contributed by atoms with E-state index in [1.807, 2.05) is 24.3 Å². The lowest BCUT2D eigenvalue weighted by atomic mass is 9.93. The van der Waals surface area contributed by atoms with Crippen molar-refractivity contribution in [2.45, 2.75) is 57.7 Å². The Hall–Kier alpha value is -0.643. The molecule has 0 heterocycles. The number of aldehydes is 1. The van der Waals surface area contributed by atoms with Crippen molar-refractivity contribution >= 4 is 26.2 Å². The fraction of sp³-hybridized carbons (Fsp3) is 0.588. The Kier molecular flexibility index (Phi) is 6.63. The van der Waals surface area contributed by atoms with Crippen LogP contribution in [0.15, 0.2) is 24.3 Å². The van der Waals surface area contributed by atoms with E-state index >= 15 is 0 Å². The minimum Gasteiger partial charge on any atom is -0.417 e. The van der Waals surface area contributed by atoms with Crippen LogP contribution in [0.3, 0.4) is 0 Å². The van der Waals surface area contributed by atoms with Gasteiger partial charge in [-0.3, -0.25) is 0 Å².